The van der Waals surface area contributed by atoms with Crippen LogP contribution < -0.4 is 5.32 Å². The Morgan fingerprint density at radius 3 is 2.73 bits per heavy atom. The maximum atomic E-state index is 6.01. The van der Waals surface area contributed by atoms with Crippen molar-refractivity contribution in [1.29, 1.82) is 0 Å². The summed E-state index contributed by atoms with van der Waals surface area (Å²) < 4.78 is 6.01. The molecule has 1 aromatic rings. The Morgan fingerprint density at radius 2 is 2.13 bits per heavy atom. The van der Waals surface area contributed by atoms with Crippen molar-refractivity contribution in [3.05, 3.63) is 35.9 Å². The van der Waals surface area contributed by atoms with E-state index in [9.17, 15) is 0 Å². The van der Waals surface area contributed by atoms with Crippen LogP contribution in [0.1, 0.15) is 31.7 Å². The minimum absolute atomic E-state index is 0.211. The van der Waals surface area contributed by atoms with Crippen LogP contribution in [-0.2, 0) is 10.5 Å². The van der Waals surface area contributed by atoms with E-state index in [1.165, 1.54) is 12.0 Å². The predicted molar refractivity (Wildman–Crippen MR) is 61.6 cm³/mol. The van der Waals surface area contributed by atoms with Gasteiger partial charge in [-0.3, -0.25) is 5.32 Å². The van der Waals surface area contributed by atoms with Crippen molar-refractivity contribution in [1.82, 2.24) is 5.32 Å². The zero-order valence-electron chi connectivity index (χ0n) is 9.33. The fourth-order valence-corrected chi connectivity index (χ4v) is 2.15. The van der Waals surface area contributed by atoms with Crippen LogP contribution in [0.4, 0.5) is 0 Å². The van der Waals surface area contributed by atoms with Crippen LogP contribution in [0.25, 0.3) is 0 Å². The van der Waals surface area contributed by atoms with E-state index in [2.05, 4.69) is 36.5 Å². The second kappa shape index (κ2) is 4.77. The summed E-state index contributed by atoms with van der Waals surface area (Å²) in [5.41, 5.74) is 1.05. The fraction of sp³-hybridized carbons (Fsp3) is 0.538. The lowest BCUT2D eigenvalue weighted by Gasteiger charge is -2.30. The molecule has 2 rings (SSSR count). The first kappa shape index (κ1) is 10.7. The molecule has 0 saturated carbocycles. The van der Waals surface area contributed by atoms with E-state index in [1.807, 2.05) is 6.07 Å². The Bertz CT molecular complexity index is 291. The summed E-state index contributed by atoms with van der Waals surface area (Å²) in [6.45, 7) is 4.02. The Balaban J connectivity index is 2.19. The molecule has 1 N–H and O–H groups in total. The summed E-state index contributed by atoms with van der Waals surface area (Å²) in [5, 5.41) is 3.50. The highest BCUT2D eigenvalue weighted by atomic mass is 16.5. The van der Waals surface area contributed by atoms with Gasteiger partial charge in [0, 0.05) is 6.61 Å². The van der Waals surface area contributed by atoms with Crippen molar-refractivity contribution in [2.24, 2.45) is 0 Å². The summed E-state index contributed by atoms with van der Waals surface area (Å²) in [6.07, 6.45) is 3.34. The van der Waals surface area contributed by atoms with Gasteiger partial charge in [-0.2, -0.15) is 0 Å². The van der Waals surface area contributed by atoms with Crippen LogP contribution in [0.2, 0.25) is 0 Å². The molecule has 1 unspecified atom stereocenters. The summed E-state index contributed by atoms with van der Waals surface area (Å²) in [6, 6.07) is 10.5. The highest BCUT2D eigenvalue weighted by Crippen LogP contribution is 2.32. The van der Waals surface area contributed by atoms with E-state index in [1.54, 1.807) is 0 Å². The molecule has 1 atom stereocenters. The SMILES string of the molecule is CCCOC1(c2ccccc2)CCCN1. The molecule has 1 saturated heterocycles. The van der Waals surface area contributed by atoms with E-state index < -0.39 is 0 Å². The molecule has 0 bridgehead atoms. The normalized spacial score (nSPS) is 25.7. The molecule has 1 aliphatic heterocycles. The molecular weight excluding hydrogens is 186 g/mol. The molecule has 0 radical (unpaired) electrons. The molecule has 1 aromatic carbocycles. The average Bonchev–Trinajstić information content (AvgIpc) is 2.78. The van der Waals surface area contributed by atoms with E-state index in [4.69, 9.17) is 4.74 Å². The van der Waals surface area contributed by atoms with E-state index in [0.717, 1.165) is 26.0 Å². The summed E-state index contributed by atoms with van der Waals surface area (Å²) in [4.78, 5) is 0. The van der Waals surface area contributed by atoms with Gasteiger partial charge in [0.2, 0.25) is 0 Å². The number of rotatable bonds is 4. The van der Waals surface area contributed by atoms with Gasteiger partial charge in [0.1, 0.15) is 5.72 Å². The topological polar surface area (TPSA) is 21.3 Å². The first-order chi connectivity index (χ1) is 7.37. The van der Waals surface area contributed by atoms with Gasteiger partial charge in [-0.15, -0.1) is 0 Å². The molecule has 0 amide bonds. The Kier molecular flexibility index (Phi) is 3.39. The molecule has 0 aliphatic carbocycles. The zero-order valence-corrected chi connectivity index (χ0v) is 9.33. The molecule has 1 heterocycles. The second-order valence-corrected chi connectivity index (χ2v) is 4.07. The van der Waals surface area contributed by atoms with E-state index in [0.29, 0.717) is 0 Å². The van der Waals surface area contributed by atoms with Crippen molar-refractivity contribution in [3.8, 4) is 0 Å². The maximum Gasteiger partial charge on any atom is 0.145 e. The lowest BCUT2D eigenvalue weighted by Crippen LogP contribution is -2.39. The van der Waals surface area contributed by atoms with Crippen molar-refractivity contribution >= 4 is 0 Å². The Hall–Kier alpha value is -0.860. The van der Waals surface area contributed by atoms with Gasteiger partial charge in [-0.05, 0) is 31.4 Å². The number of ether oxygens (including phenoxy) is 1. The average molecular weight is 205 g/mol. The third kappa shape index (κ3) is 2.21. The quantitative estimate of drug-likeness (QED) is 0.816. The summed E-state index contributed by atoms with van der Waals surface area (Å²) in [5.74, 6) is 0. The molecule has 15 heavy (non-hydrogen) atoms. The highest BCUT2D eigenvalue weighted by molar-refractivity contribution is 5.23. The lowest BCUT2D eigenvalue weighted by molar-refractivity contribution is -0.0630. The standard InChI is InChI=1S/C13H19NO/c1-2-11-15-13(9-6-10-14-13)12-7-4-3-5-8-12/h3-5,7-8,14H,2,6,9-11H2,1H3. The number of hydrogen-bond donors (Lipinski definition) is 1. The van der Waals surface area contributed by atoms with Crippen LogP contribution in [0.15, 0.2) is 30.3 Å². The third-order valence-corrected chi connectivity index (χ3v) is 2.91. The second-order valence-electron chi connectivity index (χ2n) is 4.07. The molecule has 2 nitrogen and oxygen atoms in total. The van der Waals surface area contributed by atoms with Gasteiger partial charge in [0.15, 0.2) is 0 Å². The van der Waals surface area contributed by atoms with Gasteiger partial charge in [-0.25, -0.2) is 0 Å². The smallest absolute Gasteiger partial charge is 0.145 e. The molecule has 1 aliphatic rings. The largest absolute Gasteiger partial charge is 0.356 e. The molecule has 0 spiro atoms. The molecule has 82 valence electrons. The third-order valence-electron chi connectivity index (χ3n) is 2.91. The van der Waals surface area contributed by atoms with Crippen LogP contribution in [-0.4, -0.2) is 13.2 Å². The molecule has 1 fully saturated rings. The van der Waals surface area contributed by atoms with Gasteiger partial charge in [-0.1, -0.05) is 37.3 Å². The molecular formula is C13H19NO. The van der Waals surface area contributed by atoms with E-state index >= 15 is 0 Å². The first-order valence-corrected chi connectivity index (χ1v) is 5.82. The van der Waals surface area contributed by atoms with Gasteiger partial charge in [0.05, 0.1) is 0 Å². The Labute approximate surface area is 91.6 Å². The molecule has 2 heteroatoms. The summed E-state index contributed by atoms with van der Waals surface area (Å²) in [7, 11) is 0. The van der Waals surface area contributed by atoms with Crippen molar-refractivity contribution in [2.45, 2.75) is 31.9 Å². The minimum Gasteiger partial charge on any atom is -0.356 e. The zero-order chi connectivity index (χ0) is 10.6. The van der Waals surface area contributed by atoms with Gasteiger partial charge in [0.25, 0.3) is 0 Å². The lowest BCUT2D eigenvalue weighted by atomic mass is 10.0. The van der Waals surface area contributed by atoms with Crippen molar-refractivity contribution in [2.75, 3.05) is 13.2 Å². The fourth-order valence-electron chi connectivity index (χ4n) is 2.15. The van der Waals surface area contributed by atoms with Crippen molar-refractivity contribution in [3.63, 3.8) is 0 Å². The number of benzene rings is 1. The van der Waals surface area contributed by atoms with Crippen LogP contribution in [0, 0.1) is 0 Å². The summed E-state index contributed by atoms with van der Waals surface area (Å²) >= 11 is 0. The van der Waals surface area contributed by atoms with E-state index in [-0.39, 0.29) is 5.72 Å². The van der Waals surface area contributed by atoms with Crippen LogP contribution >= 0.6 is 0 Å². The molecule has 0 aromatic heterocycles. The monoisotopic (exact) mass is 205 g/mol. The van der Waals surface area contributed by atoms with Gasteiger partial charge >= 0.3 is 0 Å². The Morgan fingerprint density at radius 1 is 1.33 bits per heavy atom. The first-order valence-electron chi connectivity index (χ1n) is 5.82. The van der Waals surface area contributed by atoms with Crippen LogP contribution in [0.5, 0.6) is 0 Å². The highest BCUT2D eigenvalue weighted by Gasteiger charge is 2.35. The number of nitrogens with one attached hydrogen (secondary N) is 1. The predicted octanol–water partition coefficient (Wildman–Crippen LogP) is 2.65. The number of hydrogen-bond acceptors (Lipinski definition) is 2. The van der Waals surface area contributed by atoms with Crippen molar-refractivity contribution < 1.29 is 4.74 Å². The van der Waals surface area contributed by atoms with Gasteiger partial charge < -0.3 is 4.74 Å². The van der Waals surface area contributed by atoms with Crippen LogP contribution in [0.3, 0.4) is 0 Å². The minimum atomic E-state index is -0.211. The maximum absolute atomic E-state index is 6.01.